The largest absolute Gasteiger partial charge is 0.456 e. The van der Waals surface area contributed by atoms with Crippen molar-refractivity contribution in [1.82, 2.24) is 9.97 Å². The van der Waals surface area contributed by atoms with Gasteiger partial charge in [-0.1, -0.05) is 66.7 Å². The van der Waals surface area contributed by atoms with Crippen LogP contribution in [0.3, 0.4) is 0 Å². The molecule has 0 unspecified atom stereocenters. The average Bonchev–Trinajstić information content (AvgIpc) is 3.11. The lowest BCUT2D eigenvalue weighted by atomic mass is 10.0. The van der Waals surface area contributed by atoms with Crippen LogP contribution in [0.15, 0.2) is 140 Å². The zero-order valence-corrected chi connectivity index (χ0v) is 27.2. The molecule has 0 bridgehead atoms. The van der Waals surface area contributed by atoms with Crippen LogP contribution < -0.4 is 25.4 Å². The molecule has 0 fully saturated rings. The smallest absolute Gasteiger partial charge is 0.185 e. The second-order valence-electron chi connectivity index (χ2n) is 12.4. The van der Waals surface area contributed by atoms with Crippen molar-refractivity contribution in [3.8, 4) is 67.5 Å². The van der Waals surface area contributed by atoms with E-state index in [1.807, 2.05) is 93.2 Å². The summed E-state index contributed by atoms with van der Waals surface area (Å²) in [7, 11) is -3.31. The summed E-state index contributed by atoms with van der Waals surface area (Å²) in [6.07, 6.45) is 7.48. The predicted molar refractivity (Wildman–Crippen MR) is 193 cm³/mol. The minimum absolute atomic E-state index is 0.568. The SMILES string of the molecule is Cc1cncc(-c2ccc(-c3ccc4c(c3)Oc3cccc5c3P4(=O)c3ccc(-c4ccc(-c6cncc(C)c6)cc4)cc3O5)cc2)c1. The molecule has 7 aromatic rings. The average molecular weight is 641 g/mol. The van der Waals surface area contributed by atoms with E-state index in [0.717, 1.165) is 55.6 Å². The first-order valence-corrected chi connectivity index (χ1v) is 17.6. The number of hydrogen-bond donors (Lipinski definition) is 0. The van der Waals surface area contributed by atoms with Crippen molar-refractivity contribution in [2.24, 2.45) is 0 Å². The fourth-order valence-corrected chi connectivity index (χ4v) is 9.80. The molecule has 2 aliphatic rings. The highest BCUT2D eigenvalue weighted by molar-refractivity contribution is 7.86. The standard InChI is InChI=1S/C42H29N2O3P/c1-26-18-34(24-43-22-26)30-10-6-28(7-11-30)32-14-16-40-38(20-32)46-36-4-3-5-37-42(36)48(40,45)41-17-15-33(21-39(41)47-37)29-8-12-31(13-9-29)35-19-27(2)23-44-25-35/h3-25H,1-2H3. The van der Waals surface area contributed by atoms with Gasteiger partial charge >= 0.3 is 0 Å². The molecule has 230 valence electrons. The third-order valence-corrected chi connectivity index (χ3v) is 12.3. The van der Waals surface area contributed by atoms with Crippen LogP contribution in [0.2, 0.25) is 0 Å². The van der Waals surface area contributed by atoms with Crippen LogP contribution in [0.25, 0.3) is 44.5 Å². The molecule has 5 nitrogen and oxygen atoms in total. The highest BCUT2D eigenvalue weighted by Gasteiger charge is 2.46. The fourth-order valence-electron chi connectivity index (χ4n) is 6.79. The molecule has 0 spiro atoms. The monoisotopic (exact) mass is 640 g/mol. The van der Waals surface area contributed by atoms with Gasteiger partial charge in [-0.25, -0.2) is 0 Å². The Morgan fingerprint density at radius 1 is 0.438 bits per heavy atom. The van der Waals surface area contributed by atoms with Crippen molar-refractivity contribution in [3.63, 3.8) is 0 Å². The Morgan fingerprint density at radius 2 is 0.833 bits per heavy atom. The molecular weight excluding hydrogens is 611 g/mol. The maximum Gasteiger partial charge on any atom is 0.185 e. The molecule has 5 aromatic carbocycles. The lowest BCUT2D eigenvalue weighted by molar-refractivity contribution is 0.462. The van der Waals surface area contributed by atoms with Gasteiger partial charge in [-0.3, -0.25) is 9.97 Å². The maximum absolute atomic E-state index is 15.5. The Labute approximate surface area is 278 Å². The van der Waals surface area contributed by atoms with E-state index in [-0.39, 0.29) is 0 Å². The van der Waals surface area contributed by atoms with Gasteiger partial charge in [0.05, 0.1) is 10.6 Å². The van der Waals surface area contributed by atoms with Crippen molar-refractivity contribution in [1.29, 1.82) is 0 Å². The topological polar surface area (TPSA) is 61.3 Å². The van der Waals surface area contributed by atoms with E-state index in [9.17, 15) is 0 Å². The summed E-state index contributed by atoms with van der Waals surface area (Å²) in [5.74, 6) is 2.34. The van der Waals surface area contributed by atoms with Gasteiger partial charge in [0.1, 0.15) is 28.3 Å². The zero-order chi connectivity index (χ0) is 32.4. The van der Waals surface area contributed by atoms with Crippen molar-refractivity contribution in [2.75, 3.05) is 0 Å². The molecule has 0 N–H and O–H groups in total. The van der Waals surface area contributed by atoms with E-state index >= 15 is 4.57 Å². The maximum atomic E-state index is 15.5. The van der Waals surface area contributed by atoms with Crippen molar-refractivity contribution < 1.29 is 14.0 Å². The van der Waals surface area contributed by atoms with E-state index in [2.05, 4.69) is 70.6 Å². The van der Waals surface area contributed by atoms with E-state index in [1.165, 1.54) is 0 Å². The van der Waals surface area contributed by atoms with Crippen LogP contribution in [0.5, 0.6) is 23.0 Å². The number of hydrogen-bond acceptors (Lipinski definition) is 5. The van der Waals surface area contributed by atoms with Crippen molar-refractivity contribution >= 4 is 23.1 Å². The number of ether oxygens (including phenoxy) is 2. The van der Waals surface area contributed by atoms with Crippen molar-refractivity contribution in [3.05, 3.63) is 151 Å². The summed E-state index contributed by atoms with van der Waals surface area (Å²) < 4.78 is 28.4. The first-order valence-electron chi connectivity index (χ1n) is 15.9. The number of rotatable bonds is 4. The van der Waals surface area contributed by atoms with E-state index in [4.69, 9.17) is 9.47 Å². The van der Waals surface area contributed by atoms with Gasteiger partial charge in [0.25, 0.3) is 0 Å². The second-order valence-corrected chi connectivity index (χ2v) is 15.1. The molecule has 0 saturated heterocycles. The Bertz CT molecular complexity index is 2290. The van der Waals surface area contributed by atoms with Crippen LogP contribution in [0.4, 0.5) is 0 Å². The van der Waals surface area contributed by atoms with Crippen LogP contribution in [-0.2, 0) is 4.57 Å². The third-order valence-electron chi connectivity index (χ3n) is 9.17. The molecule has 0 saturated carbocycles. The van der Waals surface area contributed by atoms with Crippen LogP contribution in [0, 0.1) is 13.8 Å². The van der Waals surface area contributed by atoms with E-state index < -0.39 is 7.14 Å². The zero-order valence-electron chi connectivity index (χ0n) is 26.3. The van der Waals surface area contributed by atoms with Gasteiger partial charge in [0, 0.05) is 35.9 Å². The normalized spacial score (nSPS) is 13.4. The quantitative estimate of drug-likeness (QED) is 0.179. The molecule has 0 aliphatic carbocycles. The van der Waals surface area contributed by atoms with E-state index in [0.29, 0.717) is 38.9 Å². The number of fused-ring (bicyclic) bond motifs is 4. The van der Waals surface area contributed by atoms with Gasteiger partial charge in [-0.15, -0.1) is 0 Å². The van der Waals surface area contributed by atoms with Crippen LogP contribution in [-0.4, -0.2) is 9.97 Å². The lowest BCUT2D eigenvalue weighted by Gasteiger charge is -2.34. The third kappa shape index (κ3) is 4.58. The molecule has 2 aliphatic heterocycles. The minimum atomic E-state index is -3.31. The number of aromatic nitrogens is 2. The Kier molecular flexibility index (Phi) is 6.46. The Balaban J connectivity index is 1.09. The molecule has 48 heavy (non-hydrogen) atoms. The fraction of sp³-hybridized carbons (Fsp3) is 0.0476. The minimum Gasteiger partial charge on any atom is -0.456 e. The number of nitrogens with zero attached hydrogens (tertiary/aromatic N) is 2. The molecule has 6 heteroatoms. The Hall–Kier alpha value is -5.77. The number of benzene rings is 5. The van der Waals surface area contributed by atoms with E-state index in [1.54, 1.807) is 0 Å². The molecule has 0 atom stereocenters. The second kappa shape index (κ2) is 10.9. The molecule has 0 radical (unpaired) electrons. The first kappa shape index (κ1) is 28.5. The first-order chi connectivity index (χ1) is 23.4. The Morgan fingerprint density at radius 3 is 1.25 bits per heavy atom. The molecule has 4 heterocycles. The molecule has 0 amide bonds. The highest BCUT2D eigenvalue weighted by atomic mass is 31.2. The van der Waals surface area contributed by atoms with Gasteiger partial charge < -0.3 is 14.0 Å². The van der Waals surface area contributed by atoms with Crippen LogP contribution in [0.1, 0.15) is 11.1 Å². The summed E-state index contributed by atoms with van der Waals surface area (Å²) in [5.41, 5.74) is 10.7. The number of pyridine rings is 2. The van der Waals surface area contributed by atoms with Crippen molar-refractivity contribution in [2.45, 2.75) is 13.8 Å². The summed E-state index contributed by atoms with van der Waals surface area (Å²) in [5, 5.41) is 1.99. The van der Waals surface area contributed by atoms with Gasteiger partial charge in [0.15, 0.2) is 7.14 Å². The predicted octanol–water partition coefficient (Wildman–Crippen LogP) is 9.61. The molecular formula is C42H29N2O3P. The van der Waals surface area contributed by atoms with Gasteiger partial charge in [-0.2, -0.15) is 0 Å². The highest BCUT2D eigenvalue weighted by Crippen LogP contribution is 2.58. The van der Waals surface area contributed by atoms with Gasteiger partial charge in [0.2, 0.25) is 0 Å². The summed E-state index contributed by atoms with van der Waals surface area (Å²) in [4.78, 5) is 8.68. The summed E-state index contributed by atoms with van der Waals surface area (Å²) in [6.45, 7) is 4.09. The summed E-state index contributed by atoms with van der Waals surface area (Å²) >= 11 is 0. The van der Waals surface area contributed by atoms with Crippen LogP contribution >= 0.6 is 7.14 Å². The van der Waals surface area contributed by atoms with Gasteiger partial charge in [-0.05, 0) is 107 Å². The molecule has 9 rings (SSSR count). The molecule has 2 aromatic heterocycles. The summed E-state index contributed by atoms with van der Waals surface area (Å²) in [6, 6.07) is 38.7. The number of aryl methyl sites for hydroxylation is 2. The lowest BCUT2D eigenvalue weighted by Crippen LogP contribution is -2.35.